The van der Waals surface area contributed by atoms with Crippen molar-refractivity contribution in [2.24, 2.45) is 0 Å². The third kappa shape index (κ3) is 2.13. The minimum atomic E-state index is 0.782. The SMILES string of the molecule is Nc1ccc(-c2ccc(-c3ncc4ccccn34)cc2)cc1. The summed E-state index contributed by atoms with van der Waals surface area (Å²) in [5, 5.41) is 0. The smallest absolute Gasteiger partial charge is 0.144 e. The number of nitrogens with zero attached hydrogens (tertiary/aromatic N) is 2. The highest BCUT2D eigenvalue weighted by Crippen LogP contribution is 2.25. The van der Waals surface area contributed by atoms with Crippen molar-refractivity contribution >= 4 is 11.2 Å². The average molecular weight is 285 g/mol. The van der Waals surface area contributed by atoms with Gasteiger partial charge in [-0.3, -0.25) is 4.40 Å². The van der Waals surface area contributed by atoms with Crippen molar-refractivity contribution < 1.29 is 0 Å². The van der Waals surface area contributed by atoms with E-state index in [1.165, 1.54) is 5.56 Å². The zero-order valence-corrected chi connectivity index (χ0v) is 12.0. The summed E-state index contributed by atoms with van der Waals surface area (Å²) in [7, 11) is 0. The van der Waals surface area contributed by atoms with Crippen molar-refractivity contribution in [1.82, 2.24) is 9.38 Å². The van der Waals surface area contributed by atoms with Crippen LogP contribution in [0.2, 0.25) is 0 Å². The summed E-state index contributed by atoms with van der Waals surface area (Å²) in [4.78, 5) is 4.53. The van der Waals surface area contributed by atoms with E-state index < -0.39 is 0 Å². The Kier molecular flexibility index (Phi) is 2.90. The van der Waals surface area contributed by atoms with Crippen molar-refractivity contribution in [3.8, 4) is 22.5 Å². The molecule has 0 saturated heterocycles. The lowest BCUT2D eigenvalue weighted by atomic mass is 10.0. The lowest BCUT2D eigenvalue weighted by Crippen LogP contribution is -1.89. The predicted molar refractivity (Wildman–Crippen MR) is 90.5 cm³/mol. The summed E-state index contributed by atoms with van der Waals surface area (Å²) in [5.74, 6) is 0.958. The summed E-state index contributed by atoms with van der Waals surface area (Å²) in [6.07, 6.45) is 3.93. The fraction of sp³-hybridized carbons (Fsp3) is 0. The summed E-state index contributed by atoms with van der Waals surface area (Å²) < 4.78 is 2.10. The molecule has 2 heterocycles. The number of benzene rings is 2. The third-order valence-corrected chi connectivity index (χ3v) is 3.83. The molecule has 0 saturated carbocycles. The molecule has 3 heteroatoms. The average Bonchev–Trinajstić information content (AvgIpc) is 3.00. The topological polar surface area (TPSA) is 43.3 Å². The van der Waals surface area contributed by atoms with Gasteiger partial charge in [0.1, 0.15) is 5.82 Å². The van der Waals surface area contributed by atoms with Crippen molar-refractivity contribution in [2.75, 3.05) is 5.73 Å². The highest BCUT2D eigenvalue weighted by molar-refractivity contribution is 5.70. The number of fused-ring (bicyclic) bond motifs is 1. The second-order valence-electron chi connectivity index (χ2n) is 5.28. The van der Waals surface area contributed by atoms with Gasteiger partial charge in [0.15, 0.2) is 0 Å². The maximum atomic E-state index is 5.73. The Balaban J connectivity index is 1.74. The molecule has 0 aliphatic rings. The minimum absolute atomic E-state index is 0.782. The predicted octanol–water partition coefficient (Wildman–Crippen LogP) is 4.25. The normalized spacial score (nSPS) is 10.9. The van der Waals surface area contributed by atoms with Crippen LogP contribution < -0.4 is 5.73 Å². The Morgan fingerprint density at radius 3 is 2.09 bits per heavy atom. The van der Waals surface area contributed by atoms with Crippen molar-refractivity contribution in [3.05, 3.63) is 79.1 Å². The quantitative estimate of drug-likeness (QED) is 0.559. The van der Waals surface area contributed by atoms with Gasteiger partial charge in [-0.25, -0.2) is 4.98 Å². The van der Waals surface area contributed by atoms with Crippen molar-refractivity contribution in [3.63, 3.8) is 0 Å². The molecule has 2 aromatic carbocycles. The first-order valence-corrected chi connectivity index (χ1v) is 7.20. The maximum absolute atomic E-state index is 5.73. The first kappa shape index (κ1) is 12.7. The summed E-state index contributed by atoms with van der Waals surface area (Å²) >= 11 is 0. The van der Waals surface area contributed by atoms with Crippen molar-refractivity contribution in [2.45, 2.75) is 0 Å². The molecule has 0 bridgehead atoms. The Labute approximate surface area is 128 Å². The molecular formula is C19H15N3. The standard InChI is InChI=1S/C19H15N3/c20-17-10-8-15(9-11-17)14-4-6-16(7-5-14)19-21-13-18-3-1-2-12-22(18)19/h1-13H,20H2. The molecule has 0 fully saturated rings. The number of hydrogen-bond acceptors (Lipinski definition) is 2. The molecule has 0 unspecified atom stereocenters. The number of nitrogen functional groups attached to an aromatic ring is 1. The van der Waals surface area contributed by atoms with Crippen LogP contribution in [-0.2, 0) is 0 Å². The van der Waals surface area contributed by atoms with Gasteiger partial charge in [0, 0.05) is 17.4 Å². The monoisotopic (exact) mass is 285 g/mol. The number of imidazole rings is 1. The number of pyridine rings is 1. The van der Waals surface area contributed by atoms with Gasteiger partial charge in [0.2, 0.25) is 0 Å². The number of nitrogens with two attached hydrogens (primary N) is 1. The first-order valence-electron chi connectivity index (χ1n) is 7.20. The molecule has 22 heavy (non-hydrogen) atoms. The van der Waals surface area contributed by atoms with Crippen LogP contribution in [0, 0.1) is 0 Å². The van der Waals surface area contributed by atoms with Crippen LogP contribution in [0.5, 0.6) is 0 Å². The van der Waals surface area contributed by atoms with E-state index in [0.29, 0.717) is 0 Å². The lowest BCUT2D eigenvalue weighted by Gasteiger charge is -2.05. The van der Waals surface area contributed by atoms with Gasteiger partial charge >= 0.3 is 0 Å². The molecule has 4 rings (SSSR count). The minimum Gasteiger partial charge on any atom is -0.399 e. The number of hydrogen-bond donors (Lipinski definition) is 1. The van der Waals surface area contributed by atoms with Crippen LogP contribution in [0.4, 0.5) is 5.69 Å². The number of rotatable bonds is 2. The van der Waals surface area contributed by atoms with E-state index in [-0.39, 0.29) is 0 Å². The van der Waals surface area contributed by atoms with Gasteiger partial charge in [-0.15, -0.1) is 0 Å². The van der Waals surface area contributed by atoms with E-state index in [1.54, 1.807) is 0 Å². The van der Waals surface area contributed by atoms with Gasteiger partial charge in [-0.05, 0) is 35.4 Å². The zero-order chi connectivity index (χ0) is 14.9. The van der Waals surface area contributed by atoms with E-state index in [4.69, 9.17) is 5.73 Å². The molecule has 2 N–H and O–H groups in total. The summed E-state index contributed by atoms with van der Waals surface area (Å²) in [6, 6.07) is 22.4. The Bertz CT molecular complexity index is 919. The molecule has 0 spiro atoms. The highest BCUT2D eigenvalue weighted by Gasteiger charge is 2.06. The van der Waals surface area contributed by atoms with E-state index in [9.17, 15) is 0 Å². The van der Waals surface area contributed by atoms with Crippen LogP contribution in [0.25, 0.3) is 28.0 Å². The molecule has 3 nitrogen and oxygen atoms in total. The van der Waals surface area contributed by atoms with Gasteiger partial charge in [-0.1, -0.05) is 42.5 Å². The molecule has 0 amide bonds. The maximum Gasteiger partial charge on any atom is 0.144 e. The van der Waals surface area contributed by atoms with Crippen molar-refractivity contribution in [1.29, 1.82) is 0 Å². The van der Waals surface area contributed by atoms with Crippen LogP contribution in [0.3, 0.4) is 0 Å². The van der Waals surface area contributed by atoms with Gasteiger partial charge in [0.25, 0.3) is 0 Å². The Morgan fingerprint density at radius 2 is 1.36 bits per heavy atom. The highest BCUT2D eigenvalue weighted by atomic mass is 15.0. The fourth-order valence-electron chi connectivity index (χ4n) is 2.64. The van der Waals surface area contributed by atoms with E-state index in [2.05, 4.69) is 39.7 Å². The zero-order valence-electron chi connectivity index (χ0n) is 12.0. The van der Waals surface area contributed by atoms with E-state index >= 15 is 0 Å². The Morgan fingerprint density at radius 1 is 0.727 bits per heavy atom. The summed E-state index contributed by atoms with van der Waals surface area (Å²) in [5.41, 5.74) is 11.0. The molecular weight excluding hydrogens is 270 g/mol. The fourth-order valence-corrected chi connectivity index (χ4v) is 2.64. The van der Waals surface area contributed by atoms with Gasteiger partial charge in [0.05, 0.1) is 11.7 Å². The molecule has 0 aliphatic carbocycles. The molecule has 2 aromatic heterocycles. The number of anilines is 1. The summed E-state index contributed by atoms with van der Waals surface area (Å²) in [6.45, 7) is 0. The molecule has 106 valence electrons. The third-order valence-electron chi connectivity index (χ3n) is 3.83. The van der Waals surface area contributed by atoms with E-state index in [1.807, 2.05) is 48.8 Å². The second-order valence-corrected chi connectivity index (χ2v) is 5.28. The Hall–Kier alpha value is -3.07. The first-order chi connectivity index (χ1) is 10.8. The van der Waals surface area contributed by atoms with Crippen LogP contribution in [-0.4, -0.2) is 9.38 Å². The second kappa shape index (κ2) is 5.04. The van der Waals surface area contributed by atoms with Crippen LogP contribution >= 0.6 is 0 Å². The molecule has 0 atom stereocenters. The number of aromatic nitrogens is 2. The van der Waals surface area contributed by atoms with Crippen LogP contribution in [0.15, 0.2) is 79.1 Å². The largest absolute Gasteiger partial charge is 0.399 e. The van der Waals surface area contributed by atoms with Gasteiger partial charge in [-0.2, -0.15) is 0 Å². The van der Waals surface area contributed by atoms with E-state index in [0.717, 1.165) is 28.2 Å². The van der Waals surface area contributed by atoms with Crippen LogP contribution in [0.1, 0.15) is 0 Å². The van der Waals surface area contributed by atoms with Gasteiger partial charge < -0.3 is 5.73 Å². The molecule has 0 radical (unpaired) electrons. The molecule has 0 aliphatic heterocycles. The lowest BCUT2D eigenvalue weighted by molar-refractivity contribution is 1.16. The molecule has 4 aromatic rings.